The molecule has 4 unspecified atom stereocenters. The van der Waals surface area contributed by atoms with Gasteiger partial charge in [-0.2, -0.15) is 0 Å². The van der Waals surface area contributed by atoms with Gasteiger partial charge in [-0.1, -0.05) is 6.42 Å². The average molecular weight is 329 g/mol. The fraction of sp³-hybridized carbons (Fsp3) is 0.733. The molecule has 1 heterocycles. The molecule has 6 heteroatoms. The third-order valence-electron chi connectivity index (χ3n) is 5.07. The molecule has 1 aromatic heterocycles. The number of rotatable bonds is 6. The second-order valence-electron chi connectivity index (χ2n) is 6.53. The predicted octanol–water partition coefficient (Wildman–Crippen LogP) is 2.57. The van der Waals surface area contributed by atoms with Crippen molar-refractivity contribution in [2.24, 2.45) is 17.8 Å². The van der Waals surface area contributed by atoms with Gasteiger partial charge in [0.05, 0.1) is 4.90 Å². The van der Waals surface area contributed by atoms with Gasteiger partial charge in [0.1, 0.15) is 0 Å². The van der Waals surface area contributed by atoms with Gasteiger partial charge in [-0.3, -0.25) is 0 Å². The van der Waals surface area contributed by atoms with E-state index in [9.17, 15) is 8.42 Å². The summed E-state index contributed by atoms with van der Waals surface area (Å²) >= 11 is 1.49. The van der Waals surface area contributed by atoms with Crippen LogP contribution in [0.25, 0.3) is 0 Å². The summed E-state index contributed by atoms with van der Waals surface area (Å²) in [7, 11) is -1.51. The molecule has 0 aliphatic heterocycles. The van der Waals surface area contributed by atoms with Crippen LogP contribution in [0.4, 0.5) is 0 Å². The Morgan fingerprint density at radius 3 is 2.81 bits per heavy atom. The van der Waals surface area contributed by atoms with E-state index in [2.05, 4.69) is 10.0 Å². The Morgan fingerprint density at radius 2 is 2.19 bits per heavy atom. The van der Waals surface area contributed by atoms with Crippen LogP contribution in [0, 0.1) is 17.8 Å². The molecule has 2 aliphatic carbocycles. The zero-order chi connectivity index (χ0) is 15.0. The maximum atomic E-state index is 12.5. The molecule has 3 rings (SSSR count). The van der Waals surface area contributed by atoms with E-state index in [1.165, 1.54) is 37.0 Å². The molecular weight excluding hydrogens is 304 g/mol. The van der Waals surface area contributed by atoms with Gasteiger partial charge in [0.25, 0.3) is 0 Å². The largest absolute Gasteiger partial charge is 0.315 e. The van der Waals surface area contributed by atoms with Crippen LogP contribution in [-0.2, 0) is 16.6 Å². The molecule has 0 spiro atoms. The zero-order valence-corrected chi connectivity index (χ0v) is 14.3. The lowest BCUT2D eigenvalue weighted by Crippen LogP contribution is -2.39. The van der Waals surface area contributed by atoms with Crippen molar-refractivity contribution < 1.29 is 8.42 Å². The molecule has 0 aromatic carbocycles. The molecule has 0 saturated heterocycles. The third-order valence-corrected chi connectivity index (χ3v) is 7.69. The second-order valence-corrected chi connectivity index (χ2v) is 9.24. The number of sulfonamides is 1. The van der Waals surface area contributed by atoms with Crippen LogP contribution in [-0.4, -0.2) is 21.5 Å². The Morgan fingerprint density at radius 1 is 1.38 bits per heavy atom. The molecular formula is C15H24N2O2S2. The molecule has 4 atom stereocenters. The second kappa shape index (κ2) is 5.99. The topological polar surface area (TPSA) is 58.2 Å². The van der Waals surface area contributed by atoms with Crippen LogP contribution >= 0.6 is 11.3 Å². The van der Waals surface area contributed by atoms with Crippen LogP contribution in [0.2, 0.25) is 0 Å². The van der Waals surface area contributed by atoms with Gasteiger partial charge in [-0.05, 0) is 57.1 Å². The highest BCUT2D eigenvalue weighted by Crippen LogP contribution is 2.49. The normalized spacial score (nSPS) is 29.9. The van der Waals surface area contributed by atoms with E-state index in [4.69, 9.17) is 0 Å². The lowest BCUT2D eigenvalue weighted by Gasteiger charge is -2.28. The van der Waals surface area contributed by atoms with Crippen molar-refractivity contribution in [3.8, 4) is 0 Å². The summed E-state index contributed by atoms with van der Waals surface area (Å²) in [6.07, 6.45) is 5.13. The van der Waals surface area contributed by atoms with Crippen LogP contribution in [0.3, 0.4) is 0 Å². The molecule has 2 saturated carbocycles. The third kappa shape index (κ3) is 3.18. The Hall–Kier alpha value is -0.430. The maximum Gasteiger partial charge on any atom is 0.241 e. The lowest BCUT2D eigenvalue weighted by molar-refractivity contribution is 0.280. The summed E-state index contributed by atoms with van der Waals surface area (Å²) in [6.45, 7) is 2.74. The fourth-order valence-corrected chi connectivity index (χ4v) is 6.66. The maximum absolute atomic E-state index is 12.5. The molecule has 118 valence electrons. The van der Waals surface area contributed by atoms with Crippen molar-refractivity contribution >= 4 is 21.4 Å². The Balaban J connectivity index is 1.67. The quantitative estimate of drug-likeness (QED) is 0.844. The molecule has 2 N–H and O–H groups in total. The molecule has 21 heavy (non-hydrogen) atoms. The number of hydrogen-bond acceptors (Lipinski definition) is 4. The number of thiophene rings is 1. The van der Waals surface area contributed by atoms with Crippen molar-refractivity contribution in [1.82, 2.24) is 10.0 Å². The van der Waals surface area contributed by atoms with Gasteiger partial charge < -0.3 is 5.32 Å². The van der Waals surface area contributed by atoms with Crippen molar-refractivity contribution in [3.63, 3.8) is 0 Å². The highest BCUT2D eigenvalue weighted by Gasteiger charge is 2.42. The van der Waals surface area contributed by atoms with Crippen molar-refractivity contribution in [2.75, 3.05) is 7.05 Å². The molecule has 2 aliphatic rings. The first-order chi connectivity index (χ1) is 9.99. The minimum Gasteiger partial charge on any atom is -0.315 e. The summed E-state index contributed by atoms with van der Waals surface area (Å²) in [5.74, 6) is 2.10. The van der Waals surface area contributed by atoms with Crippen LogP contribution in [0.5, 0.6) is 0 Å². The van der Waals surface area contributed by atoms with Gasteiger partial charge in [0.15, 0.2) is 0 Å². The molecule has 1 aromatic rings. The summed E-state index contributed by atoms with van der Waals surface area (Å²) in [4.78, 5) is 1.46. The highest BCUT2D eigenvalue weighted by atomic mass is 32.2. The van der Waals surface area contributed by atoms with Gasteiger partial charge >= 0.3 is 0 Å². The van der Waals surface area contributed by atoms with Gasteiger partial charge in [-0.25, -0.2) is 13.1 Å². The van der Waals surface area contributed by atoms with Crippen molar-refractivity contribution in [3.05, 3.63) is 16.3 Å². The fourth-order valence-electron chi connectivity index (χ4n) is 4.07. The molecule has 0 amide bonds. The van der Waals surface area contributed by atoms with E-state index < -0.39 is 10.0 Å². The SMILES string of the molecule is CNCc1cc(S(=O)(=O)NC(C)C2CC3CCC2C3)cs1. The number of hydrogen-bond donors (Lipinski definition) is 2. The van der Waals surface area contributed by atoms with E-state index in [0.29, 0.717) is 17.4 Å². The summed E-state index contributed by atoms with van der Waals surface area (Å²) in [6, 6.07) is 1.81. The molecule has 4 nitrogen and oxygen atoms in total. The zero-order valence-electron chi connectivity index (χ0n) is 12.6. The van der Waals surface area contributed by atoms with Crippen LogP contribution in [0.1, 0.15) is 37.5 Å². The molecule has 2 fully saturated rings. The minimum absolute atomic E-state index is 0.0398. The van der Waals surface area contributed by atoms with Gasteiger partial charge in [0, 0.05) is 22.8 Å². The lowest BCUT2D eigenvalue weighted by atomic mass is 9.84. The van der Waals surface area contributed by atoms with Gasteiger partial charge in [-0.15, -0.1) is 11.3 Å². The highest BCUT2D eigenvalue weighted by molar-refractivity contribution is 7.89. The first-order valence-electron chi connectivity index (χ1n) is 7.74. The van der Waals surface area contributed by atoms with Crippen molar-refractivity contribution in [2.45, 2.75) is 50.1 Å². The Kier molecular flexibility index (Phi) is 4.41. The minimum atomic E-state index is -3.38. The Labute approximate surface area is 131 Å². The smallest absolute Gasteiger partial charge is 0.241 e. The van der Waals surface area contributed by atoms with E-state index in [1.807, 2.05) is 14.0 Å². The molecule has 2 bridgehead atoms. The van der Waals surface area contributed by atoms with E-state index >= 15 is 0 Å². The van der Waals surface area contributed by atoms with Crippen LogP contribution in [0.15, 0.2) is 16.3 Å². The first kappa shape index (κ1) is 15.5. The van der Waals surface area contributed by atoms with E-state index in [1.54, 1.807) is 11.4 Å². The summed E-state index contributed by atoms with van der Waals surface area (Å²) in [5, 5.41) is 4.79. The Bertz CT molecular complexity index is 597. The van der Waals surface area contributed by atoms with Gasteiger partial charge in [0.2, 0.25) is 10.0 Å². The summed E-state index contributed by atoms with van der Waals surface area (Å²) in [5.41, 5.74) is 0. The van der Waals surface area contributed by atoms with E-state index in [0.717, 1.165) is 16.7 Å². The first-order valence-corrected chi connectivity index (χ1v) is 10.1. The van der Waals surface area contributed by atoms with Crippen LogP contribution < -0.4 is 10.0 Å². The number of nitrogens with one attached hydrogen (secondary N) is 2. The monoisotopic (exact) mass is 328 g/mol. The number of fused-ring (bicyclic) bond motifs is 2. The van der Waals surface area contributed by atoms with Crippen molar-refractivity contribution in [1.29, 1.82) is 0 Å². The average Bonchev–Trinajstić information content (AvgIpc) is 3.14. The molecule has 0 radical (unpaired) electrons. The predicted molar refractivity (Wildman–Crippen MR) is 85.8 cm³/mol. The summed E-state index contributed by atoms with van der Waals surface area (Å²) < 4.78 is 27.9. The standard InChI is InChI=1S/C15H24N2O2S2/c1-10(15-6-11-3-4-12(15)5-11)17-21(18,19)14-7-13(8-16-2)20-9-14/h7,9-12,15-17H,3-6,8H2,1-2H3. The van der Waals surface area contributed by atoms with E-state index in [-0.39, 0.29) is 6.04 Å².